The molecule has 0 aliphatic carbocycles. The second-order valence-corrected chi connectivity index (χ2v) is 35.0. The van der Waals surface area contributed by atoms with E-state index in [1.165, 1.54) is 163 Å². The first-order valence-corrected chi connectivity index (χ1v) is 45.2. The minimum atomic E-state index is 0.692. The van der Waals surface area contributed by atoms with Crippen LogP contribution in [0.1, 0.15) is 0 Å². The summed E-state index contributed by atoms with van der Waals surface area (Å²) in [6.45, 7) is 0. The van der Waals surface area contributed by atoms with Crippen LogP contribution in [0, 0.1) is 0 Å². The van der Waals surface area contributed by atoms with Gasteiger partial charge in [0.25, 0.3) is 0 Å². The minimum Gasteiger partial charge on any atom is -0.309 e. The van der Waals surface area contributed by atoms with Crippen molar-refractivity contribution >= 4 is 206 Å². The summed E-state index contributed by atoms with van der Waals surface area (Å²) in [5, 5.41) is 33.8. The molecule has 0 N–H and O–H groups in total. The lowest BCUT2D eigenvalue weighted by molar-refractivity contribution is 1.17. The summed E-state index contributed by atoms with van der Waals surface area (Å²) in [5.74, 6) is 1.39. The number of para-hydroxylation sites is 6. The molecule has 8 heteroatoms. The number of hydrogen-bond acceptors (Lipinski definition) is 4. The number of aromatic nitrogens is 8. The van der Waals surface area contributed by atoms with Crippen molar-refractivity contribution in [1.82, 2.24) is 38.2 Å². The summed E-state index contributed by atoms with van der Waals surface area (Å²) in [7, 11) is 0. The van der Waals surface area contributed by atoms with Crippen LogP contribution in [0.2, 0.25) is 0 Å². The molecule has 610 valence electrons. The number of fused-ring (bicyclic) bond motifs is 27. The predicted molar refractivity (Wildman–Crippen MR) is 556 cm³/mol. The quantitative estimate of drug-likeness (QED) is 0.142. The molecule has 0 atom stereocenters. The molecule has 6 heterocycles. The highest BCUT2D eigenvalue weighted by atomic mass is 15.0. The lowest BCUT2D eigenvalue weighted by Crippen LogP contribution is -2.00. The second kappa shape index (κ2) is 28.9. The maximum Gasteiger partial charge on any atom is 0.160 e. The molecule has 0 aliphatic rings. The van der Waals surface area contributed by atoms with Crippen LogP contribution in [0.4, 0.5) is 0 Å². The smallest absolute Gasteiger partial charge is 0.160 e. The molecule has 8 nitrogen and oxygen atoms in total. The zero-order chi connectivity index (χ0) is 86.3. The predicted octanol–water partition coefficient (Wildman–Crippen LogP) is 32.7. The second-order valence-electron chi connectivity index (χ2n) is 35.0. The molecule has 0 aliphatic heterocycles. The maximum atomic E-state index is 5.56. The van der Waals surface area contributed by atoms with Crippen molar-refractivity contribution in [2.75, 3.05) is 0 Å². The number of benzene rings is 23. The number of rotatable bonds is 8. The molecule has 0 saturated heterocycles. The Labute approximate surface area is 755 Å². The van der Waals surface area contributed by atoms with Crippen LogP contribution >= 0.6 is 0 Å². The molecule has 6 aromatic heterocycles. The van der Waals surface area contributed by atoms with Crippen LogP contribution in [-0.4, -0.2) is 38.2 Å². The summed E-state index contributed by atoms with van der Waals surface area (Å²) in [6.07, 6.45) is 0. The van der Waals surface area contributed by atoms with Crippen LogP contribution in [0.3, 0.4) is 0 Å². The third-order valence-corrected chi connectivity index (χ3v) is 27.9. The topological polar surface area (TPSA) is 71.3 Å². The van der Waals surface area contributed by atoms with Crippen molar-refractivity contribution in [3.63, 3.8) is 0 Å². The van der Waals surface area contributed by atoms with Gasteiger partial charge in [0.1, 0.15) is 0 Å². The monoisotopic (exact) mass is 1670 g/mol. The molecular weight excluding hydrogens is 1600 g/mol. The molecule has 0 fully saturated rings. The van der Waals surface area contributed by atoms with E-state index in [4.69, 9.17) is 19.9 Å². The lowest BCUT2D eigenvalue weighted by Gasteiger charge is -2.16. The highest BCUT2D eigenvalue weighted by Gasteiger charge is 2.26. The first-order valence-electron chi connectivity index (χ1n) is 45.2. The van der Waals surface area contributed by atoms with Crippen LogP contribution in [0.5, 0.6) is 0 Å². The lowest BCUT2D eigenvalue weighted by atomic mass is 9.94. The van der Waals surface area contributed by atoms with E-state index < -0.39 is 0 Å². The first kappa shape index (κ1) is 73.5. The molecule has 132 heavy (non-hydrogen) atoms. The third kappa shape index (κ3) is 11.2. The first-order chi connectivity index (χ1) is 65.5. The zero-order valence-corrected chi connectivity index (χ0v) is 71.3. The molecule has 0 unspecified atom stereocenters. The Balaban J connectivity index is 0.000000132. The van der Waals surface area contributed by atoms with E-state index in [0.717, 1.165) is 99.7 Å². The normalized spacial score (nSPS) is 12.1. The number of hydrogen-bond donors (Lipinski definition) is 0. The van der Waals surface area contributed by atoms with Crippen LogP contribution in [0.15, 0.2) is 449 Å². The van der Waals surface area contributed by atoms with Gasteiger partial charge in [-0.3, -0.25) is 0 Å². The molecular formula is C124H74N8. The van der Waals surface area contributed by atoms with Crippen molar-refractivity contribution in [3.05, 3.63) is 449 Å². The standard InChI is InChI=1S/C64H38N4.C60H36N4/c1-6-22-46-39(16-1)32-33-59-62(46)51-27-11-14-30-57(51)67(59)58-31-15-19-42-36-61-53(38-52(42)58)49-25-10-13-29-56(49)68(61)60-37-43(34-40-17-3-5-21-45(40)60)64-65-55-28-12-9-26-50(55)63(66-64)54-35-41-18-2-4-20-44(41)47-23-7-8-24-48(47)54;1-3-18-44-37(13-1)27-28-40-33-41(29-31-45(40)44)59-48-21-5-8-23-52(48)61-60(62-59)42-16-11-17-43(34-42)63-53-24-9-6-20-47(53)51-36-50-39(35-57(51)63)15-12-26-55(50)64-54-25-10-7-22-49(54)58-46-19-4-2-14-38(46)30-32-56(58)64/h1-38H;1-36H. The summed E-state index contributed by atoms with van der Waals surface area (Å²) < 4.78 is 9.81. The maximum absolute atomic E-state index is 5.56. The Hall–Kier alpha value is -17.7. The van der Waals surface area contributed by atoms with Gasteiger partial charge in [0.15, 0.2) is 11.6 Å². The van der Waals surface area contributed by atoms with Crippen molar-refractivity contribution < 1.29 is 0 Å². The van der Waals surface area contributed by atoms with E-state index in [-0.39, 0.29) is 0 Å². The molecule has 29 rings (SSSR count). The van der Waals surface area contributed by atoms with E-state index in [1.807, 2.05) is 0 Å². The highest BCUT2D eigenvalue weighted by Crippen LogP contribution is 2.48. The minimum absolute atomic E-state index is 0.692. The Morgan fingerprint density at radius 1 is 0.152 bits per heavy atom. The Bertz CT molecular complexity index is 10000. The van der Waals surface area contributed by atoms with Crippen LogP contribution in [-0.2, 0) is 0 Å². The van der Waals surface area contributed by atoms with Crippen LogP contribution < -0.4 is 0 Å². The van der Waals surface area contributed by atoms with Crippen molar-refractivity contribution in [3.8, 4) is 68.0 Å². The van der Waals surface area contributed by atoms with Gasteiger partial charge >= 0.3 is 0 Å². The fourth-order valence-electron chi connectivity index (χ4n) is 22.0. The summed E-state index contributed by atoms with van der Waals surface area (Å²) in [5.41, 5.74) is 21.7. The van der Waals surface area contributed by atoms with Crippen molar-refractivity contribution in [1.29, 1.82) is 0 Å². The Kier molecular flexibility index (Phi) is 16.1. The molecule has 0 saturated carbocycles. The van der Waals surface area contributed by atoms with E-state index in [0.29, 0.717) is 11.6 Å². The van der Waals surface area contributed by atoms with Gasteiger partial charge in [-0.15, -0.1) is 0 Å². The van der Waals surface area contributed by atoms with E-state index in [2.05, 4.69) is 467 Å². The average molecular weight is 1680 g/mol. The Morgan fingerprint density at radius 3 is 1.13 bits per heavy atom. The molecule has 0 radical (unpaired) electrons. The van der Waals surface area contributed by atoms with Gasteiger partial charge in [0.2, 0.25) is 0 Å². The summed E-state index contributed by atoms with van der Waals surface area (Å²) in [6, 6.07) is 163. The molecule has 29 aromatic rings. The molecule has 0 bridgehead atoms. The fraction of sp³-hybridized carbons (Fsp3) is 0. The Morgan fingerprint density at radius 2 is 0.530 bits per heavy atom. The summed E-state index contributed by atoms with van der Waals surface area (Å²) >= 11 is 0. The van der Waals surface area contributed by atoms with E-state index in [1.54, 1.807) is 0 Å². The van der Waals surface area contributed by atoms with Gasteiger partial charge in [-0.25, -0.2) is 19.9 Å². The van der Waals surface area contributed by atoms with Gasteiger partial charge < -0.3 is 18.3 Å². The molecule has 0 amide bonds. The zero-order valence-electron chi connectivity index (χ0n) is 71.3. The van der Waals surface area contributed by atoms with Crippen LogP contribution in [0.25, 0.3) is 274 Å². The number of nitrogens with zero attached hydrogens (tertiary/aromatic N) is 8. The largest absolute Gasteiger partial charge is 0.309 e. The molecule has 23 aromatic carbocycles. The average Bonchev–Trinajstić information content (AvgIpc) is 1.55. The van der Waals surface area contributed by atoms with Gasteiger partial charge in [-0.1, -0.05) is 328 Å². The van der Waals surface area contributed by atoms with Crippen molar-refractivity contribution in [2.45, 2.75) is 0 Å². The SMILES string of the molecule is c1cc(-c2nc(-c3ccc4c(ccc5ccccc54)c3)c3ccccc3n2)cc(-n2c3ccccc3c3cc4c(-n5c6ccccc6c6c7ccccc7ccc65)cccc4cc32)c1.c1ccc2c(-n3c4ccccc4c4cc5c(-n6c7ccccc7c7c8ccccc8ccc76)cccc5cc43)cc(-c3nc(-c4cc5ccccc5c5ccccc45)c4ccccc4n3)cc2c1. The van der Waals surface area contributed by atoms with E-state index >= 15 is 0 Å². The van der Waals surface area contributed by atoms with Gasteiger partial charge in [-0.2, -0.15) is 0 Å². The van der Waals surface area contributed by atoms with Crippen molar-refractivity contribution in [2.24, 2.45) is 0 Å². The summed E-state index contributed by atoms with van der Waals surface area (Å²) in [4.78, 5) is 21.5. The van der Waals surface area contributed by atoms with E-state index in [9.17, 15) is 0 Å². The van der Waals surface area contributed by atoms with Gasteiger partial charge in [0, 0.05) is 98.0 Å². The fourth-order valence-corrected chi connectivity index (χ4v) is 22.0. The third-order valence-electron chi connectivity index (χ3n) is 27.9. The van der Waals surface area contributed by atoms with Gasteiger partial charge in [-0.05, 0) is 202 Å². The van der Waals surface area contributed by atoms with Gasteiger partial charge in [0.05, 0.1) is 83.6 Å². The molecule has 0 spiro atoms. The highest BCUT2D eigenvalue weighted by molar-refractivity contribution is 6.26.